The van der Waals surface area contributed by atoms with Gasteiger partial charge in [-0.2, -0.15) is 0 Å². The van der Waals surface area contributed by atoms with Crippen molar-refractivity contribution in [2.45, 2.75) is 12.6 Å². The summed E-state index contributed by atoms with van der Waals surface area (Å²) in [6, 6.07) is 13.1. The van der Waals surface area contributed by atoms with Gasteiger partial charge < -0.3 is 14.5 Å². The van der Waals surface area contributed by atoms with Gasteiger partial charge in [0.05, 0.1) is 26.9 Å². The van der Waals surface area contributed by atoms with Gasteiger partial charge in [-0.05, 0) is 52.4 Å². The number of H-pyrrole nitrogens is 1. The minimum absolute atomic E-state index is 0.208. The fourth-order valence-electron chi connectivity index (χ4n) is 4.15. The number of rotatable bonds is 6. The highest BCUT2D eigenvalue weighted by atomic mass is 19.1. The Balaban J connectivity index is 1.61. The Morgan fingerprint density at radius 1 is 1.15 bits per heavy atom. The predicted octanol–water partition coefficient (Wildman–Crippen LogP) is 2.13. The lowest BCUT2D eigenvalue weighted by molar-refractivity contribution is 0.0214. The van der Waals surface area contributed by atoms with Gasteiger partial charge >= 0.3 is 0 Å². The Labute approximate surface area is 188 Å². The predicted molar refractivity (Wildman–Crippen MR) is 119 cm³/mol. The fraction of sp³-hybridized carbons (Fsp3) is 0.304. The van der Waals surface area contributed by atoms with E-state index in [1.807, 2.05) is 18.2 Å². The van der Waals surface area contributed by atoms with Crippen molar-refractivity contribution in [3.63, 3.8) is 0 Å². The van der Waals surface area contributed by atoms with Crippen LogP contribution in [0.4, 0.5) is 4.39 Å². The first kappa shape index (κ1) is 21.2. The van der Waals surface area contributed by atoms with Gasteiger partial charge in [0.2, 0.25) is 0 Å². The Morgan fingerprint density at radius 2 is 1.94 bits per heavy atom. The molecule has 0 radical (unpaired) electrons. The average Bonchev–Trinajstić information content (AvgIpc) is 3.29. The Hall–Kier alpha value is -3.63. The SMILES string of the molecule is COc1ccc2[nH]c(=O)c([C@@H](c3nnnn3Cc3ccc(F)cc3)N3CCOCC3)cc2c1. The first-order valence-corrected chi connectivity index (χ1v) is 10.7. The van der Waals surface area contributed by atoms with Crippen LogP contribution >= 0.6 is 0 Å². The van der Waals surface area contributed by atoms with E-state index < -0.39 is 6.04 Å². The summed E-state index contributed by atoms with van der Waals surface area (Å²) in [6.07, 6.45) is 0. The summed E-state index contributed by atoms with van der Waals surface area (Å²) in [4.78, 5) is 18.3. The van der Waals surface area contributed by atoms with E-state index in [0.29, 0.717) is 50.0 Å². The highest BCUT2D eigenvalue weighted by molar-refractivity contribution is 5.80. The molecule has 0 bridgehead atoms. The molecule has 0 amide bonds. The number of ether oxygens (including phenoxy) is 2. The van der Waals surface area contributed by atoms with Crippen molar-refractivity contribution in [1.29, 1.82) is 0 Å². The summed E-state index contributed by atoms with van der Waals surface area (Å²) in [5, 5.41) is 13.2. The molecular formula is C23H23FN6O3. The lowest BCUT2D eigenvalue weighted by Crippen LogP contribution is -2.42. The second kappa shape index (κ2) is 9.08. The zero-order valence-electron chi connectivity index (χ0n) is 18.1. The standard InChI is InChI=1S/C23H23FN6O3/c1-32-18-6-7-20-16(12-18)13-19(23(31)25-20)21(29-8-10-33-11-9-29)22-26-27-28-30(22)14-15-2-4-17(24)5-3-15/h2-7,12-13,21H,8-11,14H2,1H3,(H,25,31)/t21-/m0/s1. The van der Waals surface area contributed by atoms with Gasteiger partial charge in [0, 0.05) is 29.6 Å². The van der Waals surface area contributed by atoms with E-state index in [1.54, 1.807) is 30.0 Å². The van der Waals surface area contributed by atoms with Gasteiger partial charge in [0.1, 0.15) is 17.6 Å². The fourth-order valence-corrected chi connectivity index (χ4v) is 4.15. The maximum atomic E-state index is 13.4. The molecular weight excluding hydrogens is 427 g/mol. The molecule has 0 saturated carbocycles. The van der Waals surface area contributed by atoms with Crippen molar-refractivity contribution < 1.29 is 13.9 Å². The number of halogens is 1. The molecule has 1 N–H and O–H groups in total. The van der Waals surface area contributed by atoms with E-state index in [2.05, 4.69) is 25.4 Å². The highest BCUT2D eigenvalue weighted by Gasteiger charge is 2.31. The summed E-state index contributed by atoms with van der Waals surface area (Å²) in [5.74, 6) is 0.929. The molecule has 170 valence electrons. The summed E-state index contributed by atoms with van der Waals surface area (Å²) >= 11 is 0. The van der Waals surface area contributed by atoms with Crippen molar-refractivity contribution in [3.05, 3.63) is 81.7 Å². The van der Waals surface area contributed by atoms with Gasteiger partial charge in [0.15, 0.2) is 5.82 Å². The molecule has 5 rings (SSSR count). The van der Waals surface area contributed by atoms with Gasteiger partial charge in [-0.25, -0.2) is 9.07 Å². The van der Waals surface area contributed by atoms with Crippen molar-refractivity contribution in [2.24, 2.45) is 0 Å². The number of tetrazole rings is 1. The molecule has 1 saturated heterocycles. The summed E-state index contributed by atoms with van der Waals surface area (Å²) in [5.41, 5.74) is 1.90. The maximum absolute atomic E-state index is 13.4. The van der Waals surface area contributed by atoms with Gasteiger partial charge in [0.25, 0.3) is 5.56 Å². The number of hydrogen-bond donors (Lipinski definition) is 1. The average molecular weight is 450 g/mol. The van der Waals surface area contributed by atoms with Crippen LogP contribution in [0.2, 0.25) is 0 Å². The molecule has 10 heteroatoms. The van der Waals surface area contributed by atoms with Crippen LogP contribution < -0.4 is 10.3 Å². The van der Waals surface area contributed by atoms with E-state index >= 15 is 0 Å². The third kappa shape index (κ3) is 4.35. The van der Waals surface area contributed by atoms with E-state index in [1.165, 1.54) is 12.1 Å². The molecule has 1 aliphatic heterocycles. The molecule has 0 aliphatic carbocycles. The monoisotopic (exact) mass is 450 g/mol. The summed E-state index contributed by atoms with van der Waals surface area (Å²) in [6.45, 7) is 2.71. The highest BCUT2D eigenvalue weighted by Crippen LogP contribution is 2.28. The van der Waals surface area contributed by atoms with Crippen LogP contribution in [-0.2, 0) is 11.3 Å². The van der Waals surface area contributed by atoms with Gasteiger partial charge in [-0.3, -0.25) is 9.69 Å². The number of morpholine rings is 1. The van der Waals surface area contributed by atoms with Crippen LogP contribution in [0.1, 0.15) is 23.0 Å². The van der Waals surface area contributed by atoms with E-state index in [4.69, 9.17) is 9.47 Å². The summed E-state index contributed by atoms with van der Waals surface area (Å²) < 4.78 is 25.9. The molecule has 1 aliphatic rings. The number of methoxy groups -OCH3 is 1. The van der Waals surface area contributed by atoms with Crippen molar-refractivity contribution in [3.8, 4) is 5.75 Å². The number of nitrogens with zero attached hydrogens (tertiary/aromatic N) is 5. The van der Waals surface area contributed by atoms with Crippen LogP contribution in [0.3, 0.4) is 0 Å². The van der Waals surface area contributed by atoms with E-state index in [9.17, 15) is 9.18 Å². The zero-order valence-corrected chi connectivity index (χ0v) is 18.1. The number of pyridine rings is 1. The smallest absolute Gasteiger partial charge is 0.253 e. The Kier molecular flexibility index (Phi) is 5.84. The lowest BCUT2D eigenvalue weighted by Gasteiger charge is -2.33. The molecule has 33 heavy (non-hydrogen) atoms. The van der Waals surface area contributed by atoms with Gasteiger partial charge in [-0.15, -0.1) is 5.10 Å². The van der Waals surface area contributed by atoms with Crippen LogP contribution in [0, 0.1) is 5.82 Å². The molecule has 2 aromatic heterocycles. The Bertz CT molecular complexity index is 1310. The molecule has 2 aromatic carbocycles. The number of hydrogen-bond acceptors (Lipinski definition) is 7. The third-order valence-corrected chi connectivity index (χ3v) is 5.84. The van der Waals surface area contributed by atoms with Crippen LogP contribution in [0.25, 0.3) is 10.9 Å². The van der Waals surface area contributed by atoms with Crippen molar-refractivity contribution in [1.82, 2.24) is 30.1 Å². The number of aromatic amines is 1. The van der Waals surface area contributed by atoms with Crippen molar-refractivity contribution in [2.75, 3.05) is 33.4 Å². The van der Waals surface area contributed by atoms with E-state index in [0.717, 1.165) is 16.5 Å². The quantitative estimate of drug-likeness (QED) is 0.481. The topological polar surface area (TPSA) is 98.2 Å². The molecule has 4 aromatic rings. The molecule has 0 unspecified atom stereocenters. The number of fused-ring (bicyclic) bond motifs is 1. The van der Waals surface area contributed by atoms with Crippen LogP contribution in [0.15, 0.2) is 53.3 Å². The zero-order chi connectivity index (χ0) is 22.8. The first-order valence-electron chi connectivity index (χ1n) is 10.7. The number of aromatic nitrogens is 5. The van der Waals surface area contributed by atoms with Crippen molar-refractivity contribution >= 4 is 10.9 Å². The minimum Gasteiger partial charge on any atom is -0.497 e. The molecule has 3 heterocycles. The maximum Gasteiger partial charge on any atom is 0.253 e. The first-order chi connectivity index (χ1) is 16.1. The Morgan fingerprint density at radius 3 is 2.70 bits per heavy atom. The minimum atomic E-state index is -0.483. The van der Waals surface area contributed by atoms with Crippen LogP contribution in [0.5, 0.6) is 5.75 Å². The number of nitrogens with one attached hydrogen (secondary N) is 1. The van der Waals surface area contributed by atoms with Gasteiger partial charge in [-0.1, -0.05) is 12.1 Å². The second-order valence-corrected chi connectivity index (χ2v) is 7.88. The largest absolute Gasteiger partial charge is 0.497 e. The lowest BCUT2D eigenvalue weighted by atomic mass is 10.0. The summed E-state index contributed by atoms with van der Waals surface area (Å²) in [7, 11) is 1.61. The second-order valence-electron chi connectivity index (χ2n) is 7.88. The van der Waals surface area contributed by atoms with Crippen LogP contribution in [-0.4, -0.2) is 63.5 Å². The third-order valence-electron chi connectivity index (χ3n) is 5.84. The normalized spacial score (nSPS) is 15.6. The molecule has 1 fully saturated rings. The van der Waals surface area contributed by atoms with E-state index in [-0.39, 0.29) is 11.4 Å². The molecule has 0 spiro atoms. The molecule has 1 atom stereocenters. The number of benzene rings is 2. The molecule has 9 nitrogen and oxygen atoms in total.